The maximum atomic E-state index is 12.6. The van der Waals surface area contributed by atoms with E-state index in [4.69, 9.17) is 0 Å². The molecule has 0 fully saturated rings. The van der Waals surface area contributed by atoms with Gasteiger partial charge in [-0.2, -0.15) is 0 Å². The molecule has 1 aliphatic rings. The van der Waals surface area contributed by atoms with E-state index in [0.717, 1.165) is 23.6 Å². The molecule has 7 heteroatoms. The van der Waals surface area contributed by atoms with E-state index in [-0.39, 0.29) is 18.4 Å². The molecule has 0 bridgehead atoms. The van der Waals surface area contributed by atoms with E-state index in [2.05, 4.69) is 71.5 Å². The van der Waals surface area contributed by atoms with Crippen molar-refractivity contribution in [2.24, 2.45) is 5.92 Å². The molecule has 160 valence electrons. The van der Waals surface area contributed by atoms with E-state index >= 15 is 0 Å². The quantitative estimate of drug-likeness (QED) is 0.564. The monoisotopic (exact) mass is 409 g/mol. The summed E-state index contributed by atoms with van der Waals surface area (Å²) in [6.45, 7) is 11.0. The fourth-order valence-corrected chi connectivity index (χ4v) is 3.57. The van der Waals surface area contributed by atoms with Gasteiger partial charge >= 0.3 is 0 Å². The summed E-state index contributed by atoms with van der Waals surface area (Å²) >= 11 is 0. The zero-order valence-electron chi connectivity index (χ0n) is 18.3. The summed E-state index contributed by atoms with van der Waals surface area (Å²) < 4.78 is 2.18. The van der Waals surface area contributed by atoms with Crippen molar-refractivity contribution in [3.05, 3.63) is 65.0 Å². The van der Waals surface area contributed by atoms with E-state index in [1.54, 1.807) is 19.2 Å². The highest BCUT2D eigenvalue weighted by Crippen LogP contribution is 2.26. The Morgan fingerprint density at radius 2 is 2.10 bits per heavy atom. The van der Waals surface area contributed by atoms with Crippen molar-refractivity contribution in [2.45, 2.75) is 40.7 Å². The number of pyridine rings is 1. The number of carbonyl (C=O) groups is 1. The van der Waals surface area contributed by atoms with Gasteiger partial charge in [-0.1, -0.05) is 13.8 Å². The maximum Gasteiger partial charge on any atom is 0.255 e. The lowest BCUT2D eigenvalue weighted by molar-refractivity contribution is 0.0924. The second-order valence-corrected chi connectivity index (χ2v) is 8.11. The number of amides is 1. The van der Waals surface area contributed by atoms with Crippen molar-refractivity contribution in [1.82, 2.24) is 20.2 Å². The molecule has 30 heavy (non-hydrogen) atoms. The van der Waals surface area contributed by atoms with Crippen LogP contribution in [0.2, 0.25) is 0 Å². The minimum absolute atomic E-state index is 0.185. The molecule has 1 aliphatic heterocycles. The average molecular weight is 410 g/mol. The molecular weight excluding hydrogens is 378 g/mol. The van der Waals surface area contributed by atoms with Gasteiger partial charge in [-0.05, 0) is 50.5 Å². The summed E-state index contributed by atoms with van der Waals surface area (Å²) in [6.07, 6.45) is 6.84. The zero-order chi connectivity index (χ0) is 21.8. The second-order valence-electron chi connectivity index (χ2n) is 8.11. The van der Waals surface area contributed by atoms with Crippen LogP contribution in [0.1, 0.15) is 42.4 Å². The number of nitrogens with zero attached hydrogens (tertiary/aromatic N) is 2. The highest BCUT2D eigenvalue weighted by molar-refractivity contribution is 5.99. The third-order valence-corrected chi connectivity index (χ3v) is 4.99. The molecule has 2 aromatic rings. The number of aliphatic hydroxyl groups excluding tert-OH is 1. The molecular formula is C23H31N5O2. The standard InChI is InChI=1S/C23H31N5O2/c1-14(2)22-21(9-18(11-25-22)28-13-15(3)8-16(28)4)27-20-6-7-24-12-19(20)23(30)26-10-17(5)29/h6-9,12-14,17,25,29H,10-11H2,1-5H3,(H,24,27)(H,26,30). The average Bonchev–Trinajstić information content (AvgIpc) is 3.04. The smallest absolute Gasteiger partial charge is 0.255 e. The summed E-state index contributed by atoms with van der Waals surface area (Å²) in [5.74, 6) is 0.00944. The summed E-state index contributed by atoms with van der Waals surface area (Å²) in [5, 5.41) is 19.2. The Morgan fingerprint density at radius 3 is 2.73 bits per heavy atom. The van der Waals surface area contributed by atoms with Crippen LogP contribution in [0.5, 0.6) is 0 Å². The molecule has 0 spiro atoms. The van der Waals surface area contributed by atoms with Crippen LogP contribution in [0.3, 0.4) is 0 Å². The largest absolute Gasteiger partial charge is 0.392 e. The van der Waals surface area contributed by atoms with Crippen molar-refractivity contribution in [2.75, 3.05) is 18.4 Å². The molecule has 0 radical (unpaired) electrons. The number of anilines is 1. The van der Waals surface area contributed by atoms with E-state index < -0.39 is 6.10 Å². The summed E-state index contributed by atoms with van der Waals surface area (Å²) in [4.78, 5) is 16.7. The first-order valence-electron chi connectivity index (χ1n) is 10.3. The number of allylic oxidation sites excluding steroid dienone is 2. The van der Waals surface area contributed by atoms with E-state index in [1.807, 2.05) is 0 Å². The Bertz CT molecular complexity index is 985. The number of rotatable bonds is 7. The molecule has 3 heterocycles. The van der Waals surface area contributed by atoms with Crippen molar-refractivity contribution in [3.8, 4) is 0 Å². The third kappa shape index (κ3) is 4.91. The van der Waals surface area contributed by atoms with Crippen LogP contribution in [0, 0.1) is 19.8 Å². The van der Waals surface area contributed by atoms with Crippen LogP contribution in [-0.2, 0) is 0 Å². The van der Waals surface area contributed by atoms with Crippen molar-refractivity contribution < 1.29 is 9.90 Å². The van der Waals surface area contributed by atoms with Crippen molar-refractivity contribution >= 4 is 17.3 Å². The lowest BCUT2D eigenvalue weighted by Gasteiger charge is -2.27. The van der Waals surface area contributed by atoms with Gasteiger partial charge in [0.05, 0.1) is 29.6 Å². The number of carbonyl (C=O) groups excluding carboxylic acids is 1. The van der Waals surface area contributed by atoms with E-state index in [9.17, 15) is 9.90 Å². The summed E-state index contributed by atoms with van der Waals surface area (Å²) in [7, 11) is 0. The fourth-order valence-electron chi connectivity index (χ4n) is 3.57. The van der Waals surface area contributed by atoms with Crippen LogP contribution < -0.4 is 16.0 Å². The van der Waals surface area contributed by atoms with Gasteiger partial charge in [-0.25, -0.2) is 0 Å². The van der Waals surface area contributed by atoms with Gasteiger partial charge in [-0.15, -0.1) is 0 Å². The maximum absolute atomic E-state index is 12.6. The van der Waals surface area contributed by atoms with Gasteiger partial charge in [0.2, 0.25) is 0 Å². The van der Waals surface area contributed by atoms with Crippen LogP contribution in [0.15, 0.2) is 48.2 Å². The van der Waals surface area contributed by atoms with Crippen LogP contribution in [0.4, 0.5) is 5.69 Å². The Balaban J connectivity index is 1.95. The minimum Gasteiger partial charge on any atom is -0.392 e. The number of hydrogen-bond acceptors (Lipinski definition) is 5. The highest BCUT2D eigenvalue weighted by Gasteiger charge is 2.20. The molecule has 1 unspecified atom stereocenters. The van der Waals surface area contributed by atoms with Crippen molar-refractivity contribution in [1.29, 1.82) is 0 Å². The number of hydrogen-bond donors (Lipinski definition) is 4. The third-order valence-electron chi connectivity index (χ3n) is 4.99. The lowest BCUT2D eigenvalue weighted by Crippen LogP contribution is -2.32. The summed E-state index contributed by atoms with van der Waals surface area (Å²) in [6, 6.07) is 3.94. The predicted octanol–water partition coefficient (Wildman–Crippen LogP) is 3.03. The van der Waals surface area contributed by atoms with Gasteiger partial charge in [0.1, 0.15) is 0 Å². The molecule has 2 aromatic heterocycles. The van der Waals surface area contributed by atoms with Crippen LogP contribution >= 0.6 is 0 Å². The number of aromatic nitrogens is 2. The Morgan fingerprint density at radius 1 is 1.33 bits per heavy atom. The fraction of sp³-hybridized carbons (Fsp3) is 0.391. The molecule has 7 nitrogen and oxygen atoms in total. The van der Waals surface area contributed by atoms with Gasteiger partial charge in [0.25, 0.3) is 5.91 Å². The number of dihydropyridines is 1. The first-order chi connectivity index (χ1) is 14.3. The first kappa shape index (κ1) is 21.6. The minimum atomic E-state index is -0.612. The SMILES string of the molecule is Cc1cc(C)n(C2=CC(Nc3ccncc3C(=O)NCC(C)O)=C(C(C)C)NC2)c1. The zero-order valence-corrected chi connectivity index (χ0v) is 18.3. The van der Waals surface area contributed by atoms with E-state index in [0.29, 0.717) is 11.3 Å². The Hall–Kier alpha value is -3.06. The first-order valence-corrected chi connectivity index (χ1v) is 10.3. The topological polar surface area (TPSA) is 91.2 Å². The second kappa shape index (κ2) is 9.17. The van der Waals surface area contributed by atoms with E-state index in [1.165, 1.54) is 17.5 Å². The molecule has 4 N–H and O–H groups in total. The van der Waals surface area contributed by atoms with Gasteiger partial charge < -0.3 is 25.6 Å². The molecule has 1 amide bonds. The summed E-state index contributed by atoms with van der Waals surface area (Å²) in [5.41, 5.74) is 6.63. The van der Waals surface area contributed by atoms with Gasteiger partial charge in [-0.3, -0.25) is 9.78 Å². The number of nitrogens with one attached hydrogen (secondary N) is 3. The lowest BCUT2D eigenvalue weighted by atomic mass is 10.0. The number of aryl methyl sites for hydroxylation is 2. The van der Waals surface area contributed by atoms with Crippen LogP contribution in [-0.4, -0.2) is 39.8 Å². The molecule has 0 saturated carbocycles. The van der Waals surface area contributed by atoms with Crippen molar-refractivity contribution in [3.63, 3.8) is 0 Å². The van der Waals surface area contributed by atoms with Gasteiger partial charge in [0, 0.05) is 42.2 Å². The Kier molecular flexibility index (Phi) is 6.62. The van der Waals surface area contributed by atoms with Gasteiger partial charge in [0.15, 0.2) is 0 Å². The predicted molar refractivity (Wildman–Crippen MR) is 120 cm³/mol. The molecule has 0 aromatic carbocycles. The number of aliphatic hydroxyl groups is 1. The normalized spacial score (nSPS) is 15.0. The van der Waals surface area contributed by atoms with Crippen LogP contribution in [0.25, 0.3) is 5.70 Å². The molecule has 0 aliphatic carbocycles. The molecule has 3 rings (SSSR count). The highest BCUT2D eigenvalue weighted by atomic mass is 16.3. The molecule has 1 atom stereocenters. The molecule has 0 saturated heterocycles. The Labute approximate surface area is 177 Å².